The number of rotatable bonds is 3. The Labute approximate surface area is 198 Å². The molecule has 10 heteroatoms. The molecule has 0 N–H and O–H groups in total. The van der Waals surface area contributed by atoms with Crippen LogP contribution >= 0.6 is 0 Å². The fourth-order valence-corrected chi connectivity index (χ4v) is 3.02. The van der Waals surface area contributed by atoms with Gasteiger partial charge < -0.3 is 25.3 Å². The summed E-state index contributed by atoms with van der Waals surface area (Å²) in [6, 6.07) is 20.1. The molecule has 0 heterocycles. The van der Waals surface area contributed by atoms with Crippen LogP contribution in [-0.2, 0) is 74.4 Å². The van der Waals surface area contributed by atoms with E-state index in [4.69, 9.17) is 0 Å². The molecule has 0 unspecified atom stereocenters. The van der Waals surface area contributed by atoms with Crippen molar-refractivity contribution < 1.29 is 42.3 Å². The molecule has 0 aliphatic heterocycles. The van der Waals surface area contributed by atoms with E-state index in [1.807, 2.05) is 20.8 Å². The average molecular weight is 521 g/mol. The molecule has 6 nitrogen and oxygen atoms in total. The van der Waals surface area contributed by atoms with Crippen molar-refractivity contribution in [3.8, 4) is 0 Å². The van der Waals surface area contributed by atoms with Gasteiger partial charge in [-0.1, -0.05) is 104 Å². The Morgan fingerprint density at radius 2 is 0.548 bits per heavy atom. The van der Waals surface area contributed by atoms with E-state index in [1.165, 1.54) is 0 Å². The largest absolute Gasteiger partial charge is 3.00 e. The van der Waals surface area contributed by atoms with Gasteiger partial charge in [-0.2, -0.15) is 0 Å². The van der Waals surface area contributed by atoms with Crippen molar-refractivity contribution in [3.63, 3.8) is 0 Å². The van der Waals surface area contributed by atoms with E-state index >= 15 is 0 Å². The van der Waals surface area contributed by atoms with Crippen LogP contribution in [0, 0.1) is 20.8 Å². The third-order valence-electron chi connectivity index (χ3n) is 3.64. The first-order valence-electron chi connectivity index (χ1n) is 8.58. The maximum absolute atomic E-state index is 10.3. The second-order valence-electron chi connectivity index (χ2n) is 6.14. The molecule has 31 heavy (non-hydrogen) atoms. The molecule has 1 radical (unpaired) electrons. The molecule has 167 valence electrons. The Morgan fingerprint density at radius 3 is 0.677 bits per heavy atom. The second kappa shape index (κ2) is 14.9. The van der Waals surface area contributed by atoms with Crippen LogP contribution in [0.4, 0.5) is 0 Å². The Kier molecular flexibility index (Phi) is 14.0. The van der Waals surface area contributed by atoms with Gasteiger partial charge in [0.25, 0.3) is 0 Å². The predicted molar refractivity (Wildman–Crippen MR) is 115 cm³/mol. The summed E-state index contributed by atoms with van der Waals surface area (Å²) in [4.78, 5) is 1.02. The minimum atomic E-state index is -2.09. The summed E-state index contributed by atoms with van der Waals surface area (Å²) in [6.45, 7) is 5.74. The molecule has 0 saturated carbocycles. The normalized spacial score (nSPS) is 9.87. The Balaban J connectivity index is 0.000000429. The predicted octanol–water partition coefficient (Wildman–Crippen LogP) is 4.99. The monoisotopic (exact) mass is 521 g/mol. The van der Waals surface area contributed by atoms with E-state index in [0.29, 0.717) is 14.7 Å². The Hall–Kier alpha value is -1.97. The van der Waals surface area contributed by atoms with Crippen molar-refractivity contribution in [1.29, 1.82) is 0 Å². The third-order valence-corrected chi connectivity index (χ3v) is 5.61. The summed E-state index contributed by atoms with van der Waals surface area (Å²) >= 11 is 0. The van der Waals surface area contributed by atoms with E-state index in [9.17, 15) is 25.3 Å². The second-order valence-corrected chi connectivity index (χ2v) is 8.97. The molecule has 0 aromatic heterocycles. The minimum absolute atomic E-state index is 0. The zero-order valence-electron chi connectivity index (χ0n) is 17.0. The van der Waals surface area contributed by atoms with Crippen LogP contribution in [0.15, 0.2) is 87.5 Å². The van der Waals surface area contributed by atoms with Crippen molar-refractivity contribution in [2.75, 3.05) is 0 Å². The van der Waals surface area contributed by atoms with Crippen molar-refractivity contribution in [2.45, 2.75) is 35.5 Å². The van der Waals surface area contributed by atoms with Gasteiger partial charge in [0.15, 0.2) is 0 Å². The summed E-state index contributed by atoms with van der Waals surface area (Å²) in [7, 11) is -6.26. The molecule has 0 atom stereocenters. The summed E-state index contributed by atoms with van der Waals surface area (Å²) in [6.07, 6.45) is 0. The van der Waals surface area contributed by atoms with E-state index < -0.39 is 32.1 Å². The van der Waals surface area contributed by atoms with Gasteiger partial charge >= 0.3 is 17.1 Å². The first-order valence-corrected chi connectivity index (χ1v) is 11.8. The van der Waals surface area contributed by atoms with E-state index in [0.717, 1.165) is 16.7 Å². The first kappa shape index (κ1) is 29.0. The molecule has 0 aliphatic rings. The molecule has 0 aliphatic carbocycles. The molecular formula is C21H21FeO6S3. The van der Waals surface area contributed by atoms with Crippen molar-refractivity contribution >= 4 is 32.1 Å². The third kappa shape index (κ3) is 11.9. The Bertz CT molecular complexity index is 988. The number of aryl methyl sites for hydroxylation is 3. The summed E-state index contributed by atoms with van der Waals surface area (Å²) in [5, 5.41) is 0. The zero-order chi connectivity index (χ0) is 22.7. The fourth-order valence-electron chi connectivity index (χ4n) is 1.95. The van der Waals surface area contributed by atoms with Crippen molar-refractivity contribution in [2.24, 2.45) is 0 Å². The maximum atomic E-state index is 10.3. The van der Waals surface area contributed by atoms with Gasteiger partial charge in [-0.05, 0) is 52.9 Å². The fraction of sp³-hybridized carbons (Fsp3) is 0.143. The van der Waals surface area contributed by atoms with E-state index in [1.54, 1.807) is 72.8 Å². The SMILES string of the molecule is Cc1ccc([S-](=O)=O)cc1.Cc1ccc([S-](=O)=O)cc1.Cc1ccc([S-](=O)=O)cc1.[Fe+3]. The van der Waals surface area contributed by atoms with Gasteiger partial charge in [0.1, 0.15) is 0 Å². The summed E-state index contributed by atoms with van der Waals surface area (Å²) in [5.74, 6) is 0. The number of hydrogen-bond acceptors (Lipinski definition) is 9. The van der Waals surface area contributed by atoms with Gasteiger partial charge in [-0.3, -0.25) is 0 Å². The standard InChI is InChI=1S/3C7H7O2S.Fe/c3*1-6-2-4-7(5-3-6)10(8)9;/h3*2-5H,1H3;/q3*-1;+3. The molecule has 0 bridgehead atoms. The smallest absolute Gasteiger partial charge is 0.420 e. The van der Waals surface area contributed by atoms with Crippen LogP contribution < -0.4 is 0 Å². The van der Waals surface area contributed by atoms with Crippen LogP contribution in [-0.4, -0.2) is 0 Å². The molecule has 0 fully saturated rings. The van der Waals surface area contributed by atoms with E-state index in [-0.39, 0.29) is 17.1 Å². The molecule has 3 rings (SSSR count). The van der Waals surface area contributed by atoms with E-state index in [2.05, 4.69) is 0 Å². The van der Waals surface area contributed by atoms with Crippen molar-refractivity contribution in [1.82, 2.24) is 0 Å². The average Bonchev–Trinajstić information content (AvgIpc) is 2.70. The quantitative estimate of drug-likeness (QED) is 0.356. The van der Waals surface area contributed by atoms with Gasteiger partial charge in [-0.15, -0.1) is 0 Å². The van der Waals surface area contributed by atoms with Crippen LogP contribution in [0.5, 0.6) is 0 Å². The van der Waals surface area contributed by atoms with Gasteiger partial charge in [0.2, 0.25) is 0 Å². The topological polar surface area (TPSA) is 102 Å². The molecule has 0 saturated heterocycles. The molecule has 0 spiro atoms. The first-order chi connectivity index (χ1) is 14.1. The number of hydrogen-bond donors (Lipinski definition) is 0. The summed E-state index contributed by atoms with van der Waals surface area (Å²) in [5.41, 5.74) is 3.19. The maximum Gasteiger partial charge on any atom is 3.00 e. The van der Waals surface area contributed by atoms with Gasteiger partial charge in [-0.25, -0.2) is 0 Å². The van der Waals surface area contributed by atoms with Crippen LogP contribution in [0.1, 0.15) is 16.7 Å². The molecule has 0 amide bonds. The van der Waals surface area contributed by atoms with Gasteiger partial charge in [0, 0.05) is 0 Å². The zero-order valence-corrected chi connectivity index (χ0v) is 20.5. The number of benzene rings is 3. The summed E-state index contributed by atoms with van der Waals surface area (Å²) < 4.78 is 61.9. The van der Waals surface area contributed by atoms with Crippen molar-refractivity contribution in [3.05, 3.63) is 89.5 Å². The van der Waals surface area contributed by atoms with Crippen LogP contribution in [0.25, 0.3) is 0 Å². The van der Waals surface area contributed by atoms with Crippen LogP contribution in [0.3, 0.4) is 0 Å². The Morgan fingerprint density at radius 1 is 0.387 bits per heavy atom. The minimum Gasteiger partial charge on any atom is -0.420 e. The van der Waals surface area contributed by atoms with Crippen LogP contribution in [0.2, 0.25) is 0 Å². The molecule has 3 aromatic rings. The van der Waals surface area contributed by atoms with Gasteiger partial charge in [0.05, 0.1) is 0 Å². The molecular weight excluding hydrogens is 500 g/mol. The molecule has 3 aromatic carbocycles.